The quantitative estimate of drug-likeness (QED) is 0.873. The van der Waals surface area contributed by atoms with Crippen molar-refractivity contribution in [2.75, 3.05) is 24.5 Å². The molecular formula is C17H27N3O. The highest BCUT2D eigenvalue weighted by atomic mass is 16.3. The molecule has 2 N–H and O–H groups in total. The van der Waals surface area contributed by atoms with Crippen molar-refractivity contribution in [3.8, 4) is 0 Å². The van der Waals surface area contributed by atoms with Gasteiger partial charge in [0.1, 0.15) is 5.82 Å². The van der Waals surface area contributed by atoms with Gasteiger partial charge < -0.3 is 15.3 Å². The van der Waals surface area contributed by atoms with Crippen LogP contribution in [0.1, 0.15) is 44.7 Å². The van der Waals surface area contributed by atoms with Gasteiger partial charge in [0.15, 0.2) is 0 Å². The normalized spacial score (nSPS) is 29.7. The number of aliphatic hydroxyl groups is 1. The topological polar surface area (TPSA) is 48.4 Å². The lowest BCUT2D eigenvalue weighted by atomic mass is 10.00. The maximum Gasteiger partial charge on any atom is 0.128 e. The number of aliphatic hydroxyl groups excluding tert-OH is 1. The van der Waals surface area contributed by atoms with E-state index in [0.29, 0.717) is 17.9 Å². The Balaban J connectivity index is 1.69. The van der Waals surface area contributed by atoms with E-state index in [1.54, 1.807) is 0 Å². The van der Waals surface area contributed by atoms with Gasteiger partial charge in [0.2, 0.25) is 0 Å². The smallest absolute Gasteiger partial charge is 0.128 e. The van der Waals surface area contributed by atoms with E-state index in [-0.39, 0.29) is 6.10 Å². The van der Waals surface area contributed by atoms with Crippen LogP contribution >= 0.6 is 0 Å². The first-order chi connectivity index (χ1) is 10.2. The number of rotatable bonds is 5. The average Bonchev–Trinajstić information content (AvgIpc) is 3.07. The summed E-state index contributed by atoms with van der Waals surface area (Å²) in [6.07, 6.45) is 5.11. The molecule has 2 fully saturated rings. The molecule has 1 aromatic rings. The van der Waals surface area contributed by atoms with Gasteiger partial charge in [-0.25, -0.2) is 4.98 Å². The minimum absolute atomic E-state index is 0.103. The second kappa shape index (κ2) is 6.32. The number of nitrogens with one attached hydrogen (secondary N) is 1. The van der Waals surface area contributed by atoms with Gasteiger partial charge in [-0.2, -0.15) is 0 Å². The van der Waals surface area contributed by atoms with Gasteiger partial charge >= 0.3 is 0 Å². The first kappa shape index (κ1) is 14.8. The summed E-state index contributed by atoms with van der Waals surface area (Å²) in [4.78, 5) is 6.91. The number of fused-ring (bicyclic) bond motifs is 1. The van der Waals surface area contributed by atoms with Crippen molar-refractivity contribution in [2.45, 2.75) is 45.3 Å². The predicted molar refractivity (Wildman–Crippen MR) is 85.4 cm³/mol. The Hall–Kier alpha value is -1.13. The van der Waals surface area contributed by atoms with E-state index in [0.717, 1.165) is 44.7 Å². The van der Waals surface area contributed by atoms with Crippen molar-refractivity contribution < 1.29 is 5.11 Å². The second-order valence-corrected chi connectivity index (χ2v) is 6.60. The summed E-state index contributed by atoms with van der Waals surface area (Å²) in [5, 5.41) is 13.6. The molecule has 1 saturated heterocycles. The molecule has 116 valence electrons. The Morgan fingerprint density at radius 2 is 2.29 bits per heavy atom. The summed E-state index contributed by atoms with van der Waals surface area (Å²) >= 11 is 0. The van der Waals surface area contributed by atoms with Gasteiger partial charge in [-0.05, 0) is 56.3 Å². The van der Waals surface area contributed by atoms with E-state index in [1.165, 1.54) is 5.56 Å². The molecule has 0 bridgehead atoms. The van der Waals surface area contributed by atoms with E-state index < -0.39 is 0 Å². The monoisotopic (exact) mass is 289 g/mol. The Labute approximate surface area is 127 Å². The molecule has 1 saturated carbocycles. The standard InChI is InChI=1S/C17H27N3O/c1-3-7-18-12(2)13-6-8-19-17(9-13)20-10-14-4-5-16(21)15(14)11-20/h6,8-9,12,14-16,18,21H,3-5,7,10-11H2,1-2H3. The van der Waals surface area contributed by atoms with Crippen LogP contribution in [-0.2, 0) is 0 Å². The van der Waals surface area contributed by atoms with Gasteiger partial charge in [0, 0.05) is 31.2 Å². The molecule has 2 heterocycles. The van der Waals surface area contributed by atoms with Gasteiger partial charge in [-0.3, -0.25) is 0 Å². The van der Waals surface area contributed by atoms with E-state index in [4.69, 9.17) is 0 Å². The van der Waals surface area contributed by atoms with Crippen molar-refractivity contribution >= 4 is 5.82 Å². The van der Waals surface area contributed by atoms with E-state index in [1.807, 2.05) is 6.20 Å². The van der Waals surface area contributed by atoms with Crippen LogP contribution in [0.2, 0.25) is 0 Å². The molecule has 21 heavy (non-hydrogen) atoms. The Kier molecular flexibility index (Phi) is 4.45. The minimum Gasteiger partial charge on any atom is -0.393 e. The Morgan fingerprint density at radius 3 is 3.05 bits per heavy atom. The van der Waals surface area contributed by atoms with Crippen molar-refractivity contribution in [2.24, 2.45) is 11.8 Å². The van der Waals surface area contributed by atoms with Crippen LogP contribution in [0.4, 0.5) is 5.82 Å². The number of anilines is 1. The van der Waals surface area contributed by atoms with Crippen molar-refractivity contribution in [3.05, 3.63) is 23.9 Å². The van der Waals surface area contributed by atoms with Crippen LogP contribution in [0.5, 0.6) is 0 Å². The highest BCUT2D eigenvalue weighted by molar-refractivity contribution is 5.43. The third-order valence-corrected chi connectivity index (χ3v) is 5.11. The fourth-order valence-corrected chi connectivity index (χ4v) is 3.78. The molecule has 4 atom stereocenters. The van der Waals surface area contributed by atoms with Crippen molar-refractivity contribution in [1.82, 2.24) is 10.3 Å². The zero-order chi connectivity index (χ0) is 14.8. The van der Waals surface area contributed by atoms with Crippen molar-refractivity contribution in [3.63, 3.8) is 0 Å². The second-order valence-electron chi connectivity index (χ2n) is 6.60. The molecular weight excluding hydrogens is 262 g/mol. The molecule has 0 amide bonds. The summed E-state index contributed by atoms with van der Waals surface area (Å²) in [5.41, 5.74) is 1.30. The molecule has 1 aliphatic carbocycles. The number of hydrogen-bond acceptors (Lipinski definition) is 4. The fraction of sp³-hybridized carbons (Fsp3) is 0.706. The lowest BCUT2D eigenvalue weighted by Crippen LogP contribution is -2.25. The molecule has 1 aliphatic heterocycles. The van der Waals surface area contributed by atoms with Gasteiger partial charge in [0.25, 0.3) is 0 Å². The number of hydrogen-bond donors (Lipinski definition) is 2. The summed E-state index contributed by atoms with van der Waals surface area (Å²) in [6.45, 7) is 7.44. The SMILES string of the molecule is CCCNC(C)c1ccnc(N2CC3CCC(O)C3C2)c1. The zero-order valence-corrected chi connectivity index (χ0v) is 13.1. The van der Waals surface area contributed by atoms with Crippen LogP contribution in [0.15, 0.2) is 18.3 Å². The molecule has 3 rings (SSSR count). The molecule has 4 unspecified atom stereocenters. The summed E-state index contributed by atoms with van der Waals surface area (Å²) in [6, 6.07) is 4.67. The summed E-state index contributed by atoms with van der Waals surface area (Å²) < 4.78 is 0. The molecule has 0 spiro atoms. The molecule has 2 aliphatic rings. The van der Waals surface area contributed by atoms with Crippen LogP contribution in [0.3, 0.4) is 0 Å². The molecule has 4 nitrogen and oxygen atoms in total. The van der Waals surface area contributed by atoms with E-state index in [2.05, 4.69) is 41.2 Å². The highest BCUT2D eigenvalue weighted by Crippen LogP contribution is 2.39. The first-order valence-corrected chi connectivity index (χ1v) is 8.31. The lowest BCUT2D eigenvalue weighted by Gasteiger charge is -2.21. The van der Waals surface area contributed by atoms with Crippen LogP contribution < -0.4 is 10.2 Å². The van der Waals surface area contributed by atoms with Crippen LogP contribution in [0, 0.1) is 11.8 Å². The number of pyridine rings is 1. The van der Waals surface area contributed by atoms with Gasteiger partial charge in [-0.1, -0.05) is 6.92 Å². The Bertz CT molecular complexity index is 479. The average molecular weight is 289 g/mol. The summed E-state index contributed by atoms with van der Waals surface area (Å²) in [7, 11) is 0. The minimum atomic E-state index is -0.103. The predicted octanol–water partition coefficient (Wildman–Crippen LogP) is 2.35. The molecule has 4 heteroatoms. The van der Waals surface area contributed by atoms with Crippen molar-refractivity contribution in [1.29, 1.82) is 0 Å². The van der Waals surface area contributed by atoms with E-state index >= 15 is 0 Å². The number of aromatic nitrogens is 1. The molecule has 1 aromatic heterocycles. The van der Waals surface area contributed by atoms with Crippen LogP contribution in [0.25, 0.3) is 0 Å². The first-order valence-electron chi connectivity index (χ1n) is 8.31. The fourth-order valence-electron chi connectivity index (χ4n) is 3.78. The maximum atomic E-state index is 10.0. The maximum absolute atomic E-state index is 10.0. The zero-order valence-electron chi connectivity index (χ0n) is 13.1. The largest absolute Gasteiger partial charge is 0.393 e. The van der Waals surface area contributed by atoms with Crippen LogP contribution in [-0.4, -0.2) is 35.8 Å². The number of nitrogens with zero attached hydrogens (tertiary/aromatic N) is 2. The molecule has 0 aromatic carbocycles. The third kappa shape index (κ3) is 3.06. The van der Waals surface area contributed by atoms with E-state index in [9.17, 15) is 5.11 Å². The lowest BCUT2D eigenvalue weighted by molar-refractivity contribution is 0.133. The summed E-state index contributed by atoms with van der Waals surface area (Å²) in [5.74, 6) is 2.17. The van der Waals surface area contributed by atoms with Gasteiger partial charge in [0.05, 0.1) is 6.10 Å². The highest BCUT2D eigenvalue weighted by Gasteiger charge is 2.42. The molecule has 0 radical (unpaired) electrons. The van der Waals surface area contributed by atoms with Gasteiger partial charge in [-0.15, -0.1) is 0 Å². The third-order valence-electron chi connectivity index (χ3n) is 5.11. The Morgan fingerprint density at radius 1 is 1.43 bits per heavy atom.